The van der Waals surface area contributed by atoms with Gasteiger partial charge in [0.05, 0.1) is 11.9 Å². The molecular formula is C15H24N4O. The number of pyridine rings is 1. The number of nitrogens with two attached hydrogens (primary N) is 1. The van der Waals surface area contributed by atoms with E-state index in [-0.39, 0.29) is 5.91 Å². The van der Waals surface area contributed by atoms with Crippen LogP contribution in [0.25, 0.3) is 0 Å². The highest BCUT2D eigenvalue weighted by Gasteiger charge is 2.21. The normalized spacial score (nSPS) is 19.5. The van der Waals surface area contributed by atoms with Gasteiger partial charge in [0.2, 0.25) is 0 Å². The van der Waals surface area contributed by atoms with Gasteiger partial charge in [-0.25, -0.2) is 4.98 Å². The molecule has 1 atom stereocenters. The van der Waals surface area contributed by atoms with Crippen LogP contribution in [0.5, 0.6) is 0 Å². The number of nitrogen functional groups attached to an aromatic ring is 1. The molecule has 1 aromatic rings. The number of hydrogen-bond acceptors (Lipinski definition) is 4. The molecule has 0 radical (unpaired) electrons. The number of nitrogens with one attached hydrogen (secondary N) is 1. The summed E-state index contributed by atoms with van der Waals surface area (Å²) in [4.78, 5) is 18.5. The van der Waals surface area contributed by atoms with Gasteiger partial charge in [-0.2, -0.15) is 0 Å². The molecule has 1 aliphatic heterocycles. The summed E-state index contributed by atoms with van der Waals surface area (Å²) in [6, 6.07) is 3.50. The maximum absolute atomic E-state index is 12.4. The minimum Gasteiger partial charge on any atom is -0.337 e. The van der Waals surface area contributed by atoms with E-state index in [2.05, 4.69) is 17.3 Å². The number of carbonyl (C=O) groups is 1. The Hall–Kier alpha value is -1.62. The van der Waals surface area contributed by atoms with E-state index in [0.717, 1.165) is 31.8 Å². The van der Waals surface area contributed by atoms with Gasteiger partial charge in [0.15, 0.2) is 0 Å². The van der Waals surface area contributed by atoms with E-state index in [0.29, 0.717) is 11.4 Å². The van der Waals surface area contributed by atoms with E-state index < -0.39 is 0 Å². The number of carbonyl (C=O) groups excluding carboxylic acids is 1. The zero-order valence-electron chi connectivity index (χ0n) is 12.1. The van der Waals surface area contributed by atoms with E-state index in [9.17, 15) is 4.79 Å². The van der Waals surface area contributed by atoms with Gasteiger partial charge in [-0.1, -0.05) is 19.8 Å². The fourth-order valence-electron chi connectivity index (χ4n) is 2.83. The molecular weight excluding hydrogens is 252 g/mol. The average Bonchev–Trinajstić information content (AvgIpc) is 2.73. The Labute approximate surface area is 120 Å². The highest BCUT2D eigenvalue weighted by atomic mass is 16.2. The van der Waals surface area contributed by atoms with Gasteiger partial charge in [0, 0.05) is 13.1 Å². The number of aromatic nitrogens is 1. The van der Waals surface area contributed by atoms with Crippen LogP contribution in [0.2, 0.25) is 0 Å². The van der Waals surface area contributed by atoms with Crippen LogP contribution in [0.3, 0.4) is 0 Å². The fourth-order valence-corrected chi connectivity index (χ4v) is 2.83. The highest BCUT2D eigenvalue weighted by molar-refractivity contribution is 5.92. The molecule has 1 aromatic heterocycles. The lowest BCUT2D eigenvalue weighted by Gasteiger charge is -2.20. The molecule has 2 heterocycles. The minimum absolute atomic E-state index is 0.0331. The number of likely N-dealkylation sites (tertiary alicyclic amines) is 1. The van der Waals surface area contributed by atoms with Gasteiger partial charge >= 0.3 is 0 Å². The third-order valence-electron chi connectivity index (χ3n) is 3.98. The second-order valence-corrected chi connectivity index (χ2v) is 5.45. The Morgan fingerprint density at radius 3 is 2.95 bits per heavy atom. The van der Waals surface area contributed by atoms with Crippen molar-refractivity contribution in [3.05, 3.63) is 24.0 Å². The van der Waals surface area contributed by atoms with Crippen LogP contribution in [0.4, 0.5) is 5.69 Å². The fraction of sp³-hybridized carbons (Fsp3) is 0.600. The minimum atomic E-state index is 0.0331. The molecule has 0 aromatic carbocycles. The van der Waals surface area contributed by atoms with Gasteiger partial charge in [0.1, 0.15) is 5.69 Å². The monoisotopic (exact) mass is 276 g/mol. The van der Waals surface area contributed by atoms with Gasteiger partial charge in [-0.3, -0.25) is 10.6 Å². The van der Waals surface area contributed by atoms with Crippen LogP contribution in [-0.4, -0.2) is 28.9 Å². The highest BCUT2D eigenvalue weighted by Crippen LogP contribution is 2.22. The summed E-state index contributed by atoms with van der Waals surface area (Å²) in [6.07, 6.45) is 7.54. The molecule has 20 heavy (non-hydrogen) atoms. The number of nitrogens with zero attached hydrogens (tertiary/aromatic N) is 2. The molecule has 5 heteroatoms. The van der Waals surface area contributed by atoms with Gasteiger partial charge in [-0.15, -0.1) is 0 Å². The molecule has 1 saturated heterocycles. The second-order valence-electron chi connectivity index (χ2n) is 5.45. The first-order chi connectivity index (χ1) is 9.74. The molecule has 1 fully saturated rings. The quantitative estimate of drug-likeness (QED) is 0.654. The molecule has 2 rings (SSSR count). The molecule has 0 spiro atoms. The topological polar surface area (TPSA) is 71.2 Å². The zero-order chi connectivity index (χ0) is 14.4. The smallest absolute Gasteiger partial charge is 0.272 e. The summed E-state index contributed by atoms with van der Waals surface area (Å²) in [5, 5.41) is 0. The number of amides is 1. The lowest BCUT2D eigenvalue weighted by molar-refractivity contribution is 0.0754. The van der Waals surface area contributed by atoms with Crippen LogP contribution in [0.15, 0.2) is 18.3 Å². The number of rotatable bonds is 4. The van der Waals surface area contributed by atoms with Crippen molar-refractivity contribution in [2.45, 2.75) is 39.0 Å². The van der Waals surface area contributed by atoms with Crippen LogP contribution in [0, 0.1) is 5.92 Å². The third-order valence-corrected chi connectivity index (χ3v) is 3.98. The summed E-state index contributed by atoms with van der Waals surface area (Å²) < 4.78 is 0. The SMILES string of the molecule is CCCC1CCCN(C(=O)c2ccc(NN)cn2)CC1. The summed E-state index contributed by atoms with van der Waals surface area (Å²) >= 11 is 0. The van der Waals surface area contributed by atoms with Crippen LogP contribution < -0.4 is 11.3 Å². The molecule has 0 aliphatic carbocycles. The molecule has 1 aliphatic rings. The number of anilines is 1. The average molecular weight is 276 g/mol. The summed E-state index contributed by atoms with van der Waals surface area (Å²) in [5.74, 6) is 6.10. The van der Waals surface area contributed by atoms with E-state index >= 15 is 0 Å². The summed E-state index contributed by atoms with van der Waals surface area (Å²) in [5.41, 5.74) is 3.72. The summed E-state index contributed by atoms with van der Waals surface area (Å²) in [6.45, 7) is 3.92. The molecule has 0 saturated carbocycles. The first kappa shape index (κ1) is 14.8. The second kappa shape index (κ2) is 7.24. The largest absolute Gasteiger partial charge is 0.337 e. The van der Waals surface area contributed by atoms with Crippen LogP contribution >= 0.6 is 0 Å². The van der Waals surface area contributed by atoms with Crippen LogP contribution in [-0.2, 0) is 0 Å². The van der Waals surface area contributed by atoms with Crippen molar-refractivity contribution in [1.82, 2.24) is 9.88 Å². The Morgan fingerprint density at radius 1 is 1.45 bits per heavy atom. The Morgan fingerprint density at radius 2 is 2.30 bits per heavy atom. The predicted octanol–water partition coefficient (Wildman–Crippen LogP) is 2.41. The van der Waals surface area contributed by atoms with Crippen molar-refractivity contribution >= 4 is 11.6 Å². The van der Waals surface area contributed by atoms with E-state index in [1.807, 2.05) is 4.90 Å². The Kier molecular flexibility index (Phi) is 5.35. The third kappa shape index (κ3) is 3.70. The Bertz CT molecular complexity index is 432. The van der Waals surface area contributed by atoms with E-state index in [1.165, 1.54) is 19.3 Å². The zero-order valence-corrected chi connectivity index (χ0v) is 12.1. The van der Waals surface area contributed by atoms with Crippen molar-refractivity contribution in [3.63, 3.8) is 0 Å². The lowest BCUT2D eigenvalue weighted by atomic mass is 9.96. The van der Waals surface area contributed by atoms with Crippen LogP contribution in [0.1, 0.15) is 49.5 Å². The predicted molar refractivity (Wildman–Crippen MR) is 80.2 cm³/mol. The molecule has 110 valence electrons. The first-order valence-corrected chi connectivity index (χ1v) is 7.46. The van der Waals surface area contributed by atoms with Gasteiger partial charge in [-0.05, 0) is 37.3 Å². The number of hydrazine groups is 1. The van der Waals surface area contributed by atoms with E-state index in [1.54, 1.807) is 18.3 Å². The first-order valence-electron chi connectivity index (χ1n) is 7.46. The lowest BCUT2D eigenvalue weighted by Crippen LogP contribution is -2.32. The van der Waals surface area contributed by atoms with Crippen molar-refractivity contribution in [2.75, 3.05) is 18.5 Å². The van der Waals surface area contributed by atoms with Gasteiger partial charge < -0.3 is 10.3 Å². The maximum atomic E-state index is 12.4. The van der Waals surface area contributed by atoms with Crippen molar-refractivity contribution in [2.24, 2.45) is 11.8 Å². The molecule has 5 nitrogen and oxygen atoms in total. The Balaban J connectivity index is 1.97. The molecule has 1 unspecified atom stereocenters. The summed E-state index contributed by atoms with van der Waals surface area (Å²) in [7, 11) is 0. The standard InChI is InChI=1S/C15H24N4O/c1-2-4-12-5-3-9-19(10-8-12)15(20)14-7-6-13(18-16)11-17-14/h6-7,11-12,18H,2-5,8-10,16H2,1H3. The molecule has 0 bridgehead atoms. The van der Waals surface area contributed by atoms with E-state index in [4.69, 9.17) is 5.84 Å². The van der Waals surface area contributed by atoms with Crippen molar-refractivity contribution < 1.29 is 4.79 Å². The van der Waals surface area contributed by atoms with Gasteiger partial charge in [0.25, 0.3) is 5.91 Å². The molecule has 3 N–H and O–H groups in total. The maximum Gasteiger partial charge on any atom is 0.272 e. The number of hydrogen-bond donors (Lipinski definition) is 2. The van der Waals surface area contributed by atoms with Crippen molar-refractivity contribution in [1.29, 1.82) is 0 Å². The molecule has 1 amide bonds. The van der Waals surface area contributed by atoms with Crippen molar-refractivity contribution in [3.8, 4) is 0 Å².